The molecule has 0 N–H and O–H groups in total. The number of ketones is 1. The summed E-state index contributed by atoms with van der Waals surface area (Å²) < 4.78 is 5.88. The van der Waals surface area contributed by atoms with Crippen LogP contribution in [0.15, 0.2) is 16.9 Å². The van der Waals surface area contributed by atoms with Crippen molar-refractivity contribution in [3.63, 3.8) is 0 Å². The average Bonchev–Trinajstić information content (AvgIpc) is 2.11. The van der Waals surface area contributed by atoms with Gasteiger partial charge in [0.05, 0.1) is 6.61 Å². The monoisotopic (exact) mass is 254 g/mol. The third-order valence-electron chi connectivity index (χ3n) is 3.23. The Morgan fingerprint density at radius 3 is 2.00 bits per heavy atom. The molecule has 0 aliphatic heterocycles. The van der Waals surface area contributed by atoms with Crippen LogP contribution < -0.4 is 0 Å². The van der Waals surface area contributed by atoms with E-state index in [1.165, 1.54) is 0 Å². The molecule has 0 spiro atoms. The number of rotatable bonds is 4. The van der Waals surface area contributed by atoms with Crippen molar-refractivity contribution in [2.75, 3.05) is 6.61 Å². The molecular weight excluding hydrogens is 228 g/mol. The lowest BCUT2D eigenvalue weighted by molar-refractivity contribution is -0.117. The summed E-state index contributed by atoms with van der Waals surface area (Å²) in [4.78, 5) is 11.8. The van der Waals surface area contributed by atoms with Crippen molar-refractivity contribution < 1.29 is 9.22 Å². The molecule has 0 aliphatic rings. The van der Waals surface area contributed by atoms with Crippen LogP contribution in [0.2, 0.25) is 18.1 Å². The molecule has 0 heterocycles. The first-order valence-corrected chi connectivity index (χ1v) is 8.96. The molecule has 0 unspecified atom stereocenters. The Kier molecular flexibility index (Phi) is 5.59. The lowest BCUT2D eigenvalue weighted by atomic mass is 10.2. The van der Waals surface area contributed by atoms with Crippen LogP contribution in [-0.2, 0) is 9.22 Å². The second-order valence-corrected chi connectivity index (χ2v) is 11.0. The van der Waals surface area contributed by atoms with Crippen molar-refractivity contribution in [3.05, 3.63) is 16.9 Å². The molecule has 0 radical (unpaired) electrons. The van der Waals surface area contributed by atoms with Crippen LogP contribution in [0.4, 0.5) is 0 Å². The maximum Gasteiger partial charge on any atom is 0.192 e. The highest BCUT2D eigenvalue weighted by Crippen LogP contribution is 2.36. The van der Waals surface area contributed by atoms with Crippen LogP contribution in [0.25, 0.3) is 0 Å². The molecule has 0 aromatic heterocycles. The molecule has 0 atom stereocenters. The van der Waals surface area contributed by atoms with Crippen LogP contribution in [-0.4, -0.2) is 20.7 Å². The summed E-state index contributed by atoms with van der Waals surface area (Å²) in [5, 5.41) is 0.140. The van der Waals surface area contributed by atoms with Crippen molar-refractivity contribution in [1.82, 2.24) is 0 Å². The third kappa shape index (κ3) is 5.49. The van der Waals surface area contributed by atoms with Crippen molar-refractivity contribution in [3.8, 4) is 0 Å². The fraction of sp³-hybridized carbons (Fsp3) is 0.714. The Bertz CT molecular complexity index is 349. The van der Waals surface area contributed by atoms with Crippen molar-refractivity contribution in [2.24, 2.45) is 0 Å². The van der Waals surface area contributed by atoms with Gasteiger partial charge in [0.2, 0.25) is 0 Å². The maximum absolute atomic E-state index is 11.8. The highest BCUT2D eigenvalue weighted by Gasteiger charge is 2.37. The molecule has 2 nitrogen and oxygen atoms in total. The van der Waals surface area contributed by atoms with Gasteiger partial charge in [-0.15, -0.1) is 5.73 Å². The quantitative estimate of drug-likeness (QED) is 0.429. The van der Waals surface area contributed by atoms with Crippen LogP contribution in [0.5, 0.6) is 0 Å². The first-order valence-electron chi connectivity index (χ1n) is 6.05. The molecule has 3 heteroatoms. The number of hydrogen-bond acceptors (Lipinski definition) is 2. The second-order valence-electron chi connectivity index (χ2n) is 6.22. The molecule has 0 rings (SSSR count). The van der Waals surface area contributed by atoms with Gasteiger partial charge >= 0.3 is 0 Å². The van der Waals surface area contributed by atoms with Gasteiger partial charge in [0.25, 0.3) is 0 Å². The molecule has 0 saturated heterocycles. The van der Waals surface area contributed by atoms with E-state index in [0.717, 1.165) is 5.57 Å². The molecule has 98 valence electrons. The summed E-state index contributed by atoms with van der Waals surface area (Å²) in [6.45, 7) is 16.7. The van der Waals surface area contributed by atoms with Gasteiger partial charge in [-0.1, -0.05) is 20.8 Å². The van der Waals surface area contributed by atoms with Gasteiger partial charge in [0.1, 0.15) is 0 Å². The predicted octanol–water partition coefficient (Wildman–Crippen LogP) is 4.09. The van der Waals surface area contributed by atoms with Gasteiger partial charge in [-0.3, -0.25) is 4.79 Å². The van der Waals surface area contributed by atoms with E-state index in [1.807, 2.05) is 13.8 Å². The number of carbonyl (C=O) groups excluding carboxylic acids is 1. The van der Waals surface area contributed by atoms with Gasteiger partial charge in [-0.2, -0.15) is 0 Å². The number of Topliss-reactive ketones (excluding diaryl/α,β-unsaturated/α-hetero) is 1. The maximum atomic E-state index is 11.8. The lowest BCUT2D eigenvalue weighted by Crippen LogP contribution is -2.42. The topological polar surface area (TPSA) is 26.3 Å². The zero-order valence-electron chi connectivity index (χ0n) is 12.5. The predicted molar refractivity (Wildman–Crippen MR) is 75.7 cm³/mol. The van der Waals surface area contributed by atoms with Crippen molar-refractivity contribution in [2.45, 2.75) is 59.7 Å². The van der Waals surface area contributed by atoms with E-state index in [9.17, 15) is 4.79 Å². The molecule has 17 heavy (non-hydrogen) atoms. The molecular formula is C14H26O2Si. The van der Waals surface area contributed by atoms with Crippen molar-refractivity contribution in [1.29, 1.82) is 0 Å². The smallest absolute Gasteiger partial charge is 0.192 e. The van der Waals surface area contributed by atoms with Gasteiger partial charge in [-0.25, -0.2) is 0 Å². The van der Waals surface area contributed by atoms with E-state index in [0.29, 0.717) is 5.57 Å². The highest BCUT2D eigenvalue weighted by atomic mass is 28.4. The summed E-state index contributed by atoms with van der Waals surface area (Å²) >= 11 is 0. The minimum Gasteiger partial charge on any atom is -0.409 e. The third-order valence-corrected chi connectivity index (χ3v) is 7.70. The van der Waals surface area contributed by atoms with Crippen LogP contribution >= 0.6 is 0 Å². The van der Waals surface area contributed by atoms with Crippen molar-refractivity contribution >= 4 is 14.1 Å². The molecule has 0 aromatic rings. The standard InChI is InChI=1S/C14H26O2Si/c1-11(2)9-12(3)13(15)10-16-17(7,8)14(4,5)6/h10H2,1-8H3. The van der Waals surface area contributed by atoms with E-state index in [2.05, 4.69) is 39.6 Å². The summed E-state index contributed by atoms with van der Waals surface area (Å²) in [5.74, 6) is 0.0380. The molecule has 0 aromatic carbocycles. The summed E-state index contributed by atoms with van der Waals surface area (Å²) in [5.41, 5.74) is 4.71. The van der Waals surface area contributed by atoms with Gasteiger partial charge in [0, 0.05) is 5.57 Å². The summed E-state index contributed by atoms with van der Waals surface area (Å²) in [6, 6.07) is 0. The van der Waals surface area contributed by atoms with Gasteiger partial charge in [-0.05, 0) is 44.5 Å². The van der Waals surface area contributed by atoms with E-state index >= 15 is 0 Å². The zero-order valence-corrected chi connectivity index (χ0v) is 13.5. The molecule has 0 aliphatic carbocycles. The Labute approximate surface area is 107 Å². The van der Waals surface area contributed by atoms with Crippen LogP contribution in [0, 0.1) is 0 Å². The fourth-order valence-corrected chi connectivity index (χ4v) is 1.94. The Morgan fingerprint density at radius 1 is 1.18 bits per heavy atom. The first-order chi connectivity index (χ1) is 7.47. The largest absolute Gasteiger partial charge is 0.409 e. The van der Waals surface area contributed by atoms with Crippen LogP contribution in [0.3, 0.4) is 0 Å². The summed E-state index contributed by atoms with van der Waals surface area (Å²) in [6.07, 6.45) is 0. The minimum atomic E-state index is -1.82. The Hall–Kier alpha value is -0.633. The first kappa shape index (κ1) is 16.4. The molecule has 0 bridgehead atoms. The molecule has 0 saturated carbocycles. The lowest BCUT2D eigenvalue weighted by Gasteiger charge is -2.35. The number of hydrogen-bond donors (Lipinski definition) is 0. The number of carbonyl (C=O) groups is 1. The molecule has 0 amide bonds. The highest BCUT2D eigenvalue weighted by molar-refractivity contribution is 6.74. The Balaban J connectivity index is 4.62. The fourth-order valence-electron chi connectivity index (χ4n) is 1.02. The van der Waals surface area contributed by atoms with Gasteiger partial charge in [0.15, 0.2) is 14.1 Å². The minimum absolute atomic E-state index is 0.0380. The average molecular weight is 254 g/mol. The van der Waals surface area contributed by atoms with Gasteiger partial charge < -0.3 is 4.43 Å². The Morgan fingerprint density at radius 2 is 1.65 bits per heavy atom. The second kappa shape index (κ2) is 5.81. The SMILES string of the molecule is CC(C)=C=C(C)C(=O)CO[Si](C)(C)C(C)(C)C. The van der Waals surface area contributed by atoms with E-state index in [1.54, 1.807) is 6.92 Å². The van der Waals surface area contributed by atoms with E-state index in [4.69, 9.17) is 4.43 Å². The normalized spacial score (nSPS) is 12.0. The van der Waals surface area contributed by atoms with E-state index in [-0.39, 0.29) is 17.4 Å². The summed E-state index contributed by atoms with van der Waals surface area (Å²) in [7, 11) is -1.82. The van der Waals surface area contributed by atoms with Crippen LogP contribution in [0.1, 0.15) is 41.5 Å². The molecule has 0 fully saturated rings. The van der Waals surface area contributed by atoms with E-state index < -0.39 is 8.32 Å². The zero-order chi connectivity index (χ0) is 13.9.